The molecule has 90 valence electrons. The van der Waals surface area contributed by atoms with E-state index in [4.69, 9.17) is 16.0 Å². The molecular weight excluding hydrogens is 236 g/mol. The molecule has 0 radical (unpaired) electrons. The van der Waals surface area contributed by atoms with Crippen molar-refractivity contribution >= 4 is 11.6 Å². The predicted octanol–water partition coefficient (Wildman–Crippen LogP) is 3.89. The van der Waals surface area contributed by atoms with Crippen molar-refractivity contribution in [3.63, 3.8) is 0 Å². The number of halogens is 1. The molecule has 0 spiro atoms. The molecule has 1 unspecified atom stereocenters. The SMILES string of the molecule is CCc1ccc(C(O)c2ccc(C)c(Cl)c2)o1. The van der Waals surface area contributed by atoms with E-state index >= 15 is 0 Å². The lowest BCUT2D eigenvalue weighted by molar-refractivity contribution is 0.187. The van der Waals surface area contributed by atoms with Crippen LogP contribution in [-0.2, 0) is 6.42 Å². The highest BCUT2D eigenvalue weighted by Crippen LogP contribution is 2.27. The summed E-state index contributed by atoms with van der Waals surface area (Å²) in [5.41, 5.74) is 1.74. The van der Waals surface area contributed by atoms with E-state index in [1.165, 1.54) is 0 Å². The Kier molecular flexibility index (Phi) is 3.55. The summed E-state index contributed by atoms with van der Waals surface area (Å²) in [6.07, 6.45) is 0.0647. The topological polar surface area (TPSA) is 33.4 Å². The van der Waals surface area contributed by atoms with Crippen LogP contribution in [0.1, 0.15) is 35.7 Å². The van der Waals surface area contributed by atoms with Gasteiger partial charge in [0.25, 0.3) is 0 Å². The van der Waals surface area contributed by atoms with E-state index in [-0.39, 0.29) is 0 Å². The van der Waals surface area contributed by atoms with Crippen LogP contribution < -0.4 is 0 Å². The first-order valence-electron chi connectivity index (χ1n) is 5.64. The van der Waals surface area contributed by atoms with Crippen molar-refractivity contribution in [2.45, 2.75) is 26.4 Å². The summed E-state index contributed by atoms with van der Waals surface area (Å²) in [6, 6.07) is 9.21. The van der Waals surface area contributed by atoms with Gasteiger partial charge in [0.2, 0.25) is 0 Å². The van der Waals surface area contributed by atoms with Crippen LogP contribution in [0.25, 0.3) is 0 Å². The minimum Gasteiger partial charge on any atom is -0.463 e. The molecule has 1 atom stereocenters. The third-order valence-corrected chi connectivity index (χ3v) is 3.22. The molecule has 0 saturated heterocycles. The van der Waals surface area contributed by atoms with Crippen LogP contribution in [0.2, 0.25) is 5.02 Å². The number of aliphatic hydroxyl groups excluding tert-OH is 1. The molecule has 2 rings (SSSR count). The zero-order valence-corrected chi connectivity index (χ0v) is 10.7. The van der Waals surface area contributed by atoms with Gasteiger partial charge in [0.05, 0.1) is 0 Å². The molecule has 1 aromatic carbocycles. The van der Waals surface area contributed by atoms with Crippen molar-refractivity contribution in [1.82, 2.24) is 0 Å². The number of aryl methyl sites for hydroxylation is 2. The van der Waals surface area contributed by atoms with Crippen molar-refractivity contribution < 1.29 is 9.52 Å². The van der Waals surface area contributed by atoms with E-state index < -0.39 is 6.10 Å². The third kappa shape index (κ3) is 2.54. The van der Waals surface area contributed by atoms with Gasteiger partial charge in [-0.2, -0.15) is 0 Å². The first kappa shape index (κ1) is 12.2. The first-order chi connectivity index (χ1) is 8.11. The maximum Gasteiger partial charge on any atom is 0.137 e. The molecule has 17 heavy (non-hydrogen) atoms. The molecule has 2 nitrogen and oxygen atoms in total. The summed E-state index contributed by atoms with van der Waals surface area (Å²) in [6.45, 7) is 3.94. The molecule has 0 bridgehead atoms. The van der Waals surface area contributed by atoms with Crippen molar-refractivity contribution in [3.8, 4) is 0 Å². The average Bonchev–Trinajstić information content (AvgIpc) is 2.80. The van der Waals surface area contributed by atoms with E-state index in [9.17, 15) is 5.11 Å². The highest BCUT2D eigenvalue weighted by Gasteiger charge is 2.15. The van der Waals surface area contributed by atoms with Gasteiger partial charge in [-0.05, 0) is 36.2 Å². The van der Waals surface area contributed by atoms with E-state index in [1.807, 2.05) is 32.0 Å². The Bertz CT molecular complexity index is 517. The lowest BCUT2D eigenvalue weighted by Gasteiger charge is -2.09. The Hall–Kier alpha value is -1.25. The second-order valence-electron chi connectivity index (χ2n) is 4.07. The molecule has 1 aromatic heterocycles. The van der Waals surface area contributed by atoms with Gasteiger partial charge in [0.1, 0.15) is 17.6 Å². The van der Waals surface area contributed by atoms with Gasteiger partial charge < -0.3 is 9.52 Å². The summed E-state index contributed by atoms with van der Waals surface area (Å²) in [5, 5.41) is 10.8. The summed E-state index contributed by atoms with van der Waals surface area (Å²) < 4.78 is 5.53. The fourth-order valence-corrected chi connectivity index (χ4v) is 1.86. The van der Waals surface area contributed by atoms with E-state index in [1.54, 1.807) is 12.1 Å². The smallest absolute Gasteiger partial charge is 0.137 e. The third-order valence-electron chi connectivity index (χ3n) is 2.81. The van der Waals surface area contributed by atoms with Gasteiger partial charge in [-0.15, -0.1) is 0 Å². The monoisotopic (exact) mass is 250 g/mol. The molecule has 3 heteroatoms. The lowest BCUT2D eigenvalue weighted by Crippen LogP contribution is -1.98. The van der Waals surface area contributed by atoms with Crippen LogP contribution in [-0.4, -0.2) is 5.11 Å². The maximum atomic E-state index is 10.2. The molecule has 0 saturated carbocycles. The van der Waals surface area contributed by atoms with E-state index in [0.717, 1.165) is 23.3 Å². The molecular formula is C14H15ClO2. The fourth-order valence-electron chi connectivity index (χ4n) is 1.67. The van der Waals surface area contributed by atoms with Gasteiger partial charge >= 0.3 is 0 Å². The second kappa shape index (κ2) is 4.94. The van der Waals surface area contributed by atoms with Crippen molar-refractivity contribution in [1.29, 1.82) is 0 Å². The number of furan rings is 1. The normalized spacial score (nSPS) is 12.7. The number of rotatable bonds is 3. The zero-order chi connectivity index (χ0) is 12.4. The molecule has 1 heterocycles. The lowest BCUT2D eigenvalue weighted by atomic mass is 10.1. The molecule has 1 N–H and O–H groups in total. The molecule has 0 aliphatic rings. The molecule has 0 aliphatic heterocycles. The number of benzene rings is 1. The van der Waals surface area contributed by atoms with Crippen molar-refractivity contribution in [3.05, 3.63) is 58.0 Å². The van der Waals surface area contributed by atoms with Crippen LogP contribution >= 0.6 is 11.6 Å². The Morgan fingerprint density at radius 1 is 1.29 bits per heavy atom. The Balaban J connectivity index is 2.29. The van der Waals surface area contributed by atoms with Crippen molar-refractivity contribution in [2.75, 3.05) is 0 Å². The van der Waals surface area contributed by atoms with Gasteiger partial charge in [-0.3, -0.25) is 0 Å². The van der Waals surface area contributed by atoms with Crippen LogP contribution in [0.3, 0.4) is 0 Å². The van der Waals surface area contributed by atoms with Gasteiger partial charge in [-0.25, -0.2) is 0 Å². The zero-order valence-electron chi connectivity index (χ0n) is 9.90. The predicted molar refractivity (Wildman–Crippen MR) is 68.3 cm³/mol. The Labute approximate surface area is 106 Å². The van der Waals surface area contributed by atoms with Gasteiger partial charge in [0, 0.05) is 11.4 Å². The minimum absolute atomic E-state index is 0.557. The summed E-state index contributed by atoms with van der Waals surface area (Å²) in [4.78, 5) is 0. The van der Waals surface area contributed by atoms with E-state index in [0.29, 0.717) is 10.8 Å². The molecule has 0 aliphatic carbocycles. The quantitative estimate of drug-likeness (QED) is 0.897. The largest absolute Gasteiger partial charge is 0.463 e. The standard InChI is InChI=1S/C14H15ClO2/c1-3-11-6-7-13(17-11)14(16)10-5-4-9(2)12(15)8-10/h4-8,14,16H,3H2,1-2H3. The second-order valence-corrected chi connectivity index (χ2v) is 4.48. The average molecular weight is 251 g/mol. The minimum atomic E-state index is -0.756. The van der Waals surface area contributed by atoms with Crippen LogP contribution in [0, 0.1) is 6.92 Å². The van der Waals surface area contributed by atoms with Crippen LogP contribution in [0.15, 0.2) is 34.7 Å². The Morgan fingerprint density at radius 3 is 2.65 bits per heavy atom. The van der Waals surface area contributed by atoms with Crippen molar-refractivity contribution in [2.24, 2.45) is 0 Å². The van der Waals surface area contributed by atoms with Gasteiger partial charge in [-0.1, -0.05) is 30.7 Å². The van der Waals surface area contributed by atoms with Crippen LogP contribution in [0.4, 0.5) is 0 Å². The Morgan fingerprint density at radius 2 is 2.06 bits per heavy atom. The van der Waals surface area contributed by atoms with Crippen LogP contribution in [0.5, 0.6) is 0 Å². The molecule has 0 fully saturated rings. The fraction of sp³-hybridized carbons (Fsp3) is 0.286. The number of hydrogen-bond acceptors (Lipinski definition) is 2. The summed E-state index contributed by atoms with van der Waals surface area (Å²) in [7, 11) is 0. The molecule has 0 amide bonds. The summed E-state index contributed by atoms with van der Waals surface area (Å²) in [5.74, 6) is 1.43. The molecule has 2 aromatic rings. The maximum absolute atomic E-state index is 10.2. The number of hydrogen-bond donors (Lipinski definition) is 1. The first-order valence-corrected chi connectivity index (χ1v) is 6.02. The van der Waals surface area contributed by atoms with E-state index in [2.05, 4.69) is 0 Å². The van der Waals surface area contributed by atoms with Gasteiger partial charge in [0.15, 0.2) is 0 Å². The number of aliphatic hydroxyl groups is 1. The summed E-state index contributed by atoms with van der Waals surface area (Å²) >= 11 is 6.04. The highest BCUT2D eigenvalue weighted by atomic mass is 35.5. The highest BCUT2D eigenvalue weighted by molar-refractivity contribution is 6.31.